The molecule has 2 aliphatic heterocycles. The summed E-state index contributed by atoms with van der Waals surface area (Å²) < 4.78 is 35.6. The molecule has 0 radical (unpaired) electrons. The number of nitrogens with one attached hydrogen (secondary N) is 2. The average molecular weight is 514 g/mol. The molecule has 3 aromatic rings. The number of aromatic nitrogens is 4. The van der Waals surface area contributed by atoms with Gasteiger partial charge >= 0.3 is 0 Å². The number of alkyl halides is 1. The number of fused-ring (bicyclic) bond motifs is 1. The zero-order chi connectivity index (χ0) is 25.8. The van der Waals surface area contributed by atoms with E-state index >= 15 is 4.39 Å². The minimum Gasteiger partial charge on any atom is -0.490 e. The molecule has 4 heterocycles. The van der Waals surface area contributed by atoms with Gasteiger partial charge in [-0.2, -0.15) is 5.10 Å². The van der Waals surface area contributed by atoms with Gasteiger partial charge in [0.2, 0.25) is 0 Å². The van der Waals surface area contributed by atoms with Crippen molar-refractivity contribution >= 4 is 16.7 Å². The molecule has 1 aromatic carbocycles. The maximum Gasteiger partial charge on any atom is 0.167 e. The van der Waals surface area contributed by atoms with Gasteiger partial charge in [-0.15, -0.1) is 0 Å². The third-order valence-corrected chi connectivity index (χ3v) is 7.59. The standard InChI is InChI=1S/C27H37F2N7O/c1-3-4-5-12-37-24-13-20-22(14-21(24)28)33-34-26(20)23-15-25(32-18-31-23)35-10-11-36(19(2)16-35)17-27(29)6-8-30-9-7-27/h13-15,18-19,30H,3-12,16-17H2,1-2H3,(H,33,34)/t19-/m0/s1. The Morgan fingerprint density at radius 1 is 1.14 bits per heavy atom. The highest BCUT2D eigenvalue weighted by Gasteiger charge is 2.36. The van der Waals surface area contributed by atoms with Gasteiger partial charge in [-0.3, -0.25) is 10.00 Å². The minimum absolute atomic E-state index is 0.205. The summed E-state index contributed by atoms with van der Waals surface area (Å²) >= 11 is 0. The lowest BCUT2D eigenvalue weighted by atomic mass is 9.93. The molecule has 0 bridgehead atoms. The Morgan fingerprint density at radius 2 is 1.97 bits per heavy atom. The van der Waals surface area contributed by atoms with Crippen molar-refractivity contribution in [2.75, 3.05) is 50.8 Å². The first kappa shape index (κ1) is 25.8. The Hall–Kier alpha value is -2.85. The second-order valence-corrected chi connectivity index (χ2v) is 10.4. The molecular formula is C27H37F2N7O. The van der Waals surface area contributed by atoms with Gasteiger partial charge in [-0.25, -0.2) is 18.7 Å². The number of halogens is 2. The van der Waals surface area contributed by atoms with Crippen LogP contribution in [0.1, 0.15) is 46.0 Å². The molecular weight excluding hydrogens is 476 g/mol. The van der Waals surface area contributed by atoms with Gasteiger partial charge < -0.3 is 15.0 Å². The summed E-state index contributed by atoms with van der Waals surface area (Å²) in [6.07, 6.45) is 5.69. The molecule has 2 fully saturated rings. The van der Waals surface area contributed by atoms with Crippen LogP contribution in [-0.4, -0.2) is 82.7 Å². The largest absolute Gasteiger partial charge is 0.490 e. The molecule has 0 aliphatic carbocycles. The van der Waals surface area contributed by atoms with Crippen LogP contribution in [-0.2, 0) is 0 Å². The van der Waals surface area contributed by atoms with Crippen molar-refractivity contribution in [2.45, 2.75) is 57.7 Å². The summed E-state index contributed by atoms with van der Waals surface area (Å²) in [5.74, 6) is 0.626. The normalized spacial score (nSPS) is 20.4. The average Bonchev–Trinajstić information content (AvgIpc) is 3.30. The number of anilines is 1. The Balaban J connectivity index is 1.30. The molecule has 2 aliphatic rings. The Morgan fingerprint density at radius 3 is 2.76 bits per heavy atom. The van der Waals surface area contributed by atoms with Crippen LogP contribution in [0.3, 0.4) is 0 Å². The van der Waals surface area contributed by atoms with Gasteiger partial charge in [0.25, 0.3) is 0 Å². The Kier molecular flexibility index (Phi) is 7.85. The van der Waals surface area contributed by atoms with Crippen molar-refractivity contribution in [3.8, 4) is 17.1 Å². The lowest BCUT2D eigenvalue weighted by Crippen LogP contribution is -2.57. The van der Waals surface area contributed by atoms with E-state index in [-0.39, 0.29) is 11.8 Å². The number of piperidine rings is 1. The van der Waals surface area contributed by atoms with E-state index < -0.39 is 11.5 Å². The van der Waals surface area contributed by atoms with E-state index in [1.165, 1.54) is 6.07 Å². The van der Waals surface area contributed by atoms with Crippen LogP contribution in [0.15, 0.2) is 24.5 Å². The van der Waals surface area contributed by atoms with Crippen LogP contribution in [0.4, 0.5) is 14.6 Å². The fourth-order valence-corrected chi connectivity index (χ4v) is 5.34. The molecule has 1 atom stereocenters. The van der Waals surface area contributed by atoms with Gasteiger partial charge in [0, 0.05) is 49.7 Å². The summed E-state index contributed by atoms with van der Waals surface area (Å²) in [7, 11) is 0. The molecule has 37 heavy (non-hydrogen) atoms. The van der Waals surface area contributed by atoms with Crippen LogP contribution in [0, 0.1) is 5.82 Å². The van der Waals surface area contributed by atoms with Crippen molar-refractivity contribution < 1.29 is 13.5 Å². The van der Waals surface area contributed by atoms with E-state index in [9.17, 15) is 4.39 Å². The number of rotatable bonds is 9. The molecule has 0 amide bonds. The predicted octanol–water partition coefficient (Wildman–Crippen LogP) is 4.33. The topological polar surface area (TPSA) is 82.2 Å². The fourth-order valence-electron chi connectivity index (χ4n) is 5.34. The summed E-state index contributed by atoms with van der Waals surface area (Å²) in [6.45, 7) is 9.02. The number of H-pyrrole nitrogens is 1. The Labute approximate surface area is 216 Å². The third-order valence-electron chi connectivity index (χ3n) is 7.59. The number of nitrogens with zero attached hydrogens (tertiary/aromatic N) is 5. The lowest BCUT2D eigenvalue weighted by Gasteiger charge is -2.44. The quantitative estimate of drug-likeness (QED) is 0.412. The SMILES string of the molecule is CCCCCOc1cc2c(-c3cc(N4CCN(CC5(F)CCNCC5)[C@@H](C)C4)ncn3)n[nH]c2cc1F. The molecule has 2 N–H and O–H groups in total. The van der Waals surface area contributed by atoms with Gasteiger partial charge in [0.15, 0.2) is 11.6 Å². The summed E-state index contributed by atoms with van der Waals surface area (Å²) in [6, 6.07) is 5.25. The van der Waals surface area contributed by atoms with Gasteiger partial charge in [0.05, 0.1) is 17.8 Å². The number of hydrogen-bond donors (Lipinski definition) is 2. The highest BCUT2D eigenvalue weighted by Crippen LogP contribution is 2.32. The lowest BCUT2D eigenvalue weighted by molar-refractivity contribution is 0.0412. The predicted molar refractivity (Wildman–Crippen MR) is 141 cm³/mol. The van der Waals surface area contributed by atoms with Gasteiger partial charge in [-0.1, -0.05) is 19.8 Å². The maximum atomic E-state index is 15.3. The monoisotopic (exact) mass is 513 g/mol. The fraction of sp³-hybridized carbons (Fsp3) is 0.593. The summed E-state index contributed by atoms with van der Waals surface area (Å²) in [5, 5.41) is 11.4. The highest BCUT2D eigenvalue weighted by atomic mass is 19.1. The molecule has 2 saturated heterocycles. The number of ether oxygens (including phenoxy) is 1. The summed E-state index contributed by atoms with van der Waals surface area (Å²) in [5.41, 5.74) is 0.776. The van der Waals surface area contributed by atoms with Crippen molar-refractivity contribution in [3.05, 3.63) is 30.3 Å². The summed E-state index contributed by atoms with van der Waals surface area (Å²) in [4.78, 5) is 13.5. The molecule has 5 rings (SSSR count). The number of benzene rings is 1. The van der Waals surface area contributed by atoms with E-state index in [4.69, 9.17) is 4.74 Å². The van der Waals surface area contributed by atoms with E-state index in [0.717, 1.165) is 63.2 Å². The van der Waals surface area contributed by atoms with Crippen LogP contribution < -0.4 is 15.0 Å². The maximum absolute atomic E-state index is 15.3. The second kappa shape index (κ2) is 11.3. The van der Waals surface area contributed by atoms with E-state index in [1.807, 2.05) is 6.07 Å². The van der Waals surface area contributed by atoms with Gasteiger partial charge in [0.1, 0.15) is 23.5 Å². The molecule has 10 heteroatoms. The molecule has 2 aromatic heterocycles. The first-order chi connectivity index (χ1) is 18.0. The number of unbranched alkanes of at least 4 members (excludes halogenated alkanes) is 2. The molecule has 8 nitrogen and oxygen atoms in total. The molecule has 200 valence electrons. The minimum atomic E-state index is -1.11. The smallest absolute Gasteiger partial charge is 0.167 e. The van der Waals surface area contributed by atoms with Crippen LogP contribution >= 0.6 is 0 Å². The first-order valence-corrected chi connectivity index (χ1v) is 13.5. The van der Waals surface area contributed by atoms with Gasteiger partial charge in [-0.05, 0) is 45.3 Å². The van der Waals surface area contributed by atoms with Crippen molar-refractivity contribution in [3.63, 3.8) is 0 Å². The van der Waals surface area contributed by atoms with Crippen molar-refractivity contribution in [1.82, 2.24) is 30.4 Å². The molecule has 0 spiro atoms. The van der Waals surface area contributed by atoms with Crippen LogP contribution in [0.5, 0.6) is 5.75 Å². The van der Waals surface area contributed by atoms with Crippen LogP contribution in [0.2, 0.25) is 0 Å². The highest BCUT2D eigenvalue weighted by molar-refractivity contribution is 5.93. The van der Waals surface area contributed by atoms with Crippen LogP contribution in [0.25, 0.3) is 22.3 Å². The van der Waals surface area contributed by atoms with E-state index in [2.05, 4.69) is 49.1 Å². The van der Waals surface area contributed by atoms with E-state index in [0.29, 0.717) is 42.9 Å². The molecule has 0 unspecified atom stereocenters. The zero-order valence-corrected chi connectivity index (χ0v) is 21.8. The number of hydrogen-bond acceptors (Lipinski definition) is 7. The van der Waals surface area contributed by atoms with Crippen molar-refractivity contribution in [1.29, 1.82) is 0 Å². The zero-order valence-electron chi connectivity index (χ0n) is 21.8. The number of aromatic amines is 1. The second-order valence-electron chi connectivity index (χ2n) is 10.4. The Bertz CT molecular complexity index is 1200. The van der Waals surface area contributed by atoms with E-state index in [1.54, 1.807) is 12.4 Å². The third kappa shape index (κ3) is 5.85. The molecule has 0 saturated carbocycles. The first-order valence-electron chi connectivity index (χ1n) is 13.5. The number of piperazine rings is 1. The van der Waals surface area contributed by atoms with Crippen molar-refractivity contribution in [2.24, 2.45) is 0 Å².